The van der Waals surface area contributed by atoms with E-state index in [-0.39, 0.29) is 6.61 Å². The highest BCUT2D eigenvalue weighted by Crippen LogP contribution is 2.37. The van der Waals surface area contributed by atoms with Gasteiger partial charge in [0.2, 0.25) is 0 Å². The molecule has 0 spiro atoms. The number of ether oxygens (including phenoxy) is 2. The fraction of sp³-hybridized carbons (Fsp3) is 0.458. The molecule has 2 aromatic rings. The van der Waals surface area contributed by atoms with Gasteiger partial charge in [0, 0.05) is 12.5 Å². The summed E-state index contributed by atoms with van der Waals surface area (Å²) in [6.07, 6.45) is 2.35. The van der Waals surface area contributed by atoms with Gasteiger partial charge >= 0.3 is 5.97 Å². The van der Waals surface area contributed by atoms with E-state index in [2.05, 4.69) is 65.6 Å². The summed E-state index contributed by atoms with van der Waals surface area (Å²) in [6.45, 7) is 4.23. The van der Waals surface area contributed by atoms with Crippen LogP contribution in [0.1, 0.15) is 29.9 Å². The van der Waals surface area contributed by atoms with Crippen molar-refractivity contribution in [1.82, 2.24) is 4.90 Å². The molecule has 5 nitrogen and oxygen atoms in total. The number of carbonyl (C=O) groups is 1. The molecule has 1 N–H and O–H groups in total. The molecule has 1 aliphatic heterocycles. The number of rotatable bonds is 11. The fourth-order valence-corrected chi connectivity index (χ4v) is 4.14. The Bertz CT molecular complexity index is 675. The minimum absolute atomic E-state index is 0.263. The van der Waals surface area contributed by atoms with Crippen LogP contribution in [0.3, 0.4) is 0 Å². The van der Waals surface area contributed by atoms with Crippen molar-refractivity contribution in [3.8, 4) is 0 Å². The Morgan fingerprint density at radius 1 is 0.897 bits per heavy atom. The van der Waals surface area contributed by atoms with Gasteiger partial charge in [-0.15, -0.1) is 0 Å². The van der Waals surface area contributed by atoms with Crippen molar-refractivity contribution in [2.24, 2.45) is 5.92 Å². The third-order valence-corrected chi connectivity index (χ3v) is 5.57. The van der Waals surface area contributed by atoms with E-state index in [1.807, 2.05) is 0 Å². The van der Waals surface area contributed by atoms with Gasteiger partial charge in [-0.3, -0.25) is 0 Å². The lowest BCUT2D eigenvalue weighted by Crippen LogP contribution is -2.37. The second kappa shape index (κ2) is 11.7. The SMILES string of the molecule is O=C(O)COCCOCCN1CCC(C(c2ccccc2)c2ccccc2)CC1. The Morgan fingerprint density at radius 2 is 1.45 bits per heavy atom. The molecule has 1 saturated heterocycles. The van der Waals surface area contributed by atoms with E-state index in [1.165, 1.54) is 24.0 Å². The Kier molecular flexibility index (Phi) is 8.68. The first-order chi connectivity index (χ1) is 14.2. The number of nitrogens with zero attached hydrogens (tertiary/aromatic N) is 1. The summed E-state index contributed by atoms with van der Waals surface area (Å²) in [5, 5.41) is 8.52. The summed E-state index contributed by atoms with van der Waals surface area (Å²) >= 11 is 0. The monoisotopic (exact) mass is 397 g/mol. The number of hydrogen-bond donors (Lipinski definition) is 1. The molecule has 3 rings (SSSR count). The van der Waals surface area contributed by atoms with Crippen LogP contribution in [0.2, 0.25) is 0 Å². The maximum Gasteiger partial charge on any atom is 0.329 e. The highest BCUT2D eigenvalue weighted by atomic mass is 16.5. The zero-order valence-electron chi connectivity index (χ0n) is 16.9. The van der Waals surface area contributed by atoms with Crippen molar-refractivity contribution in [3.05, 3.63) is 71.8 Å². The lowest BCUT2D eigenvalue weighted by molar-refractivity contribution is -0.142. The largest absolute Gasteiger partial charge is 0.480 e. The number of aliphatic carboxylic acids is 1. The van der Waals surface area contributed by atoms with Crippen molar-refractivity contribution in [1.29, 1.82) is 0 Å². The second-order valence-electron chi connectivity index (χ2n) is 7.54. The normalized spacial score (nSPS) is 15.6. The van der Waals surface area contributed by atoms with Gasteiger partial charge in [0.05, 0.1) is 19.8 Å². The Hall–Kier alpha value is -2.21. The number of likely N-dealkylation sites (tertiary alicyclic amines) is 1. The summed E-state index contributed by atoms with van der Waals surface area (Å²) in [6, 6.07) is 21.7. The van der Waals surface area contributed by atoms with E-state index < -0.39 is 5.97 Å². The van der Waals surface area contributed by atoms with Crippen LogP contribution in [0.4, 0.5) is 0 Å². The van der Waals surface area contributed by atoms with Crippen LogP contribution < -0.4 is 0 Å². The molecule has 0 atom stereocenters. The number of carboxylic acids is 1. The van der Waals surface area contributed by atoms with E-state index in [0.29, 0.717) is 31.7 Å². The van der Waals surface area contributed by atoms with Gasteiger partial charge in [-0.25, -0.2) is 4.79 Å². The predicted octanol–water partition coefficient (Wildman–Crippen LogP) is 3.65. The van der Waals surface area contributed by atoms with Crippen molar-refractivity contribution >= 4 is 5.97 Å². The molecule has 29 heavy (non-hydrogen) atoms. The predicted molar refractivity (Wildman–Crippen MR) is 113 cm³/mol. The zero-order valence-corrected chi connectivity index (χ0v) is 16.9. The van der Waals surface area contributed by atoms with Crippen LogP contribution in [0.25, 0.3) is 0 Å². The molecule has 0 aromatic heterocycles. The van der Waals surface area contributed by atoms with E-state index in [4.69, 9.17) is 14.6 Å². The number of piperidine rings is 1. The zero-order chi connectivity index (χ0) is 20.3. The van der Waals surface area contributed by atoms with Gasteiger partial charge in [-0.05, 0) is 43.0 Å². The molecule has 0 amide bonds. The van der Waals surface area contributed by atoms with Gasteiger partial charge in [0.25, 0.3) is 0 Å². The number of carboxylic acid groups (broad SMARTS) is 1. The Balaban J connectivity index is 1.45. The smallest absolute Gasteiger partial charge is 0.329 e. The van der Waals surface area contributed by atoms with Gasteiger partial charge in [-0.2, -0.15) is 0 Å². The maximum atomic E-state index is 10.4. The molecule has 156 valence electrons. The summed E-state index contributed by atoms with van der Waals surface area (Å²) in [5.41, 5.74) is 2.81. The van der Waals surface area contributed by atoms with Crippen LogP contribution in [-0.4, -0.2) is 62.0 Å². The molecule has 0 saturated carbocycles. The lowest BCUT2D eigenvalue weighted by Gasteiger charge is -2.36. The highest BCUT2D eigenvalue weighted by Gasteiger charge is 2.28. The van der Waals surface area contributed by atoms with Crippen LogP contribution in [0.15, 0.2) is 60.7 Å². The van der Waals surface area contributed by atoms with E-state index in [1.54, 1.807) is 0 Å². The topological polar surface area (TPSA) is 59.0 Å². The molecule has 1 aliphatic rings. The van der Waals surface area contributed by atoms with Crippen LogP contribution in [0.5, 0.6) is 0 Å². The van der Waals surface area contributed by atoms with Crippen molar-refractivity contribution in [2.45, 2.75) is 18.8 Å². The standard InChI is InChI=1S/C24H31NO4/c26-23(27)19-29-18-17-28-16-15-25-13-11-22(12-14-25)24(20-7-3-1-4-8-20)21-9-5-2-6-10-21/h1-10,22,24H,11-19H2,(H,26,27). The van der Waals surface area contributed by atoms with Crippen LogP contribution >= 0.6 is 0 Å². The summed E-state index contributed by atoms with van der Waals surface area (Å²) in [4.78, 5) is 12.8. The first-order valence-corrected chi connectivity index (χ1v) is 10.4. The van der Waals surface area contributed by atoms with E-state index >= 15 is 0 Å². The Morgan fingerprint density at radius 3 is 2.00 bits per heavy atom. The molecule has 0 aliphatic carbocycles. The number of benzene rings is 2. The summed E-state index contributed by atoms with van der Waals surface area (Å²) in [7, 11) is 0. The van der Waals surface area contributed by atoms with Crippen molar-refractivity contribution in [3.63, 3.8) is 0 Å². The van der Waals surface area contributed by atoms with Crippen LogP contribution in [-0.2, 0) is 14.3 Å². The molecule has 0 radical (unpaired) electrons. The lowest BCUT2D eigenvalue weighted by atomic mass is 9.76. The molecule has 5 heteroatoms. The first-order valence-electron chi connectivity index (χ1n) is 10.4. The van der Waals surface area contributed by atoms with Crippen molar-refractivity contribution in [2.75, 3.05) is 46.1 Å². The molecule has 1 fully saturated rings. The summed E-state index contributed by atoms with van der Waals surface area (Å²) < 4.78 is 10.5. The average molecular weight is 398 g/mol. The fourth-order valence-electron chi connectivity index (χ4n) is 4.14. The molecule has 0 unspecified atom stereocenters. The Labute approximate surface area is 173 Å². The van der Waals surface area contributed by atoms with Gasteiger partial charge in [0.1, 0.15) is 6.61 Å². The molecule has 1 heterocycles. The molecular weight excluding hydrogens is 366 g/mol. The van der Waals surface area contributed by atoms with Gasteiger partial charge in [0.15, 0.2) is 0 Å². The third-order valence-electron chi connectivity index (χ3n) is 5.57. The minimum Gasteiger partial charge on any atom is -0.480 e. The number of hydrogen-bond acceptors (Lipinski definition) is 4. The minimum atomic E-state index is -0.947. The molecule has 0 bridgehead atoms. The average Bonchev–Trinajstić information content (AvgIpc) is 2.76. The quantitative estimate of drug-likeness (QED) is 0.587. The third kappa shape index (κ3) is 6.96. The van der Waals surface area contributed by atoms with E-state index in [9.17, 15) is 4.79 Å². The van der Waals surface area contributed by atoms with Crippen molar-refractivity contribution < 1.29 is 19.4 Å². The molecule has 2 aromatic carbocycles. The highest BCUT2D eigenvalue weighted by molar-refractivity contribution is 5.67. The first kappa shape index (κ1) is 21.5. The molecular formula is C24H31NO4. The summed E-state index contributed by atoms with van der Waals surface area (Å²) in [5.74, 6) is 0.140. The van der Waals surface area contributed by atoms with Gasteiger partial charge in [-0.1, -0.05) is 60.7 Å². The van der Waals surface area contributed by atoms with E-state index in [0.717, 1.165) is 19.6 Å². The van der Waals surface area contributed by atoms with Crippen LogP contribution in [0, 0.1) is 5.92 Å². The van der Waals surface area contributed by atoms with Gasteiger partial charge < -0.3 is 19.5 Å². The maximum absolute atomic E-state index is 10.4. The second-order valence-corrected chi connectivity index (χ2v) is 7.54.